The maximum Gasteiger partial charge on any atom is 0.0928 e. The molecule has 84 valence electrons. The van der Waals surface area contributed by atoms with Crippen molar-refractivity contribution in [2.24, 2.45) is 4.99 Å². The van der Waals surface area contributed by atoms with E-state index in [0.29, 0.717) is 0 Å². The predicted octanol–water partition coefficient (Wildman–Crippen LogP) is 2.00. The van der Waals surface area contributed by atoms with Gasteiger partial charge < -0.3 is 5.32 Å². The summed E-state index contributed by atoms with van der Waals surface area (Å²) in [4.78, 5) is 4.04. The highest BCUT2D eigenvalue weighted by atomic mass is 32.2. The van der Waals surface area contributed by atoms with Gasteiger partial charge in [0.1, 0.15) is 0 Å². The van der Waals surface area contributed by atoms with Crippen LogP contribution in [-0.4, -0.2) is 43.1 Å². The fourth-order valence-electron chi connectivity index (χ4n) is 0.903. The third-order valence-corrected chi connectivity index (χ3v) is 3.05. The average Bonchev–Trinajstić information content (AvgIpc) is 2.18. The Bertz CT molecular complexity index is 159. The topological polar surface area (TPSA) is 27.6 Å². The van der Waals surface area contributed by atoms with Crippen molar-refractivity contribution in [2.45, 2.75) is 26.7 Å². The van der Waals surface area contributed by atoms with Gasteiger partial charge in [0.2, 0.25) is 0 Å². The molecule has 0 saturated heterocycles. The molecule has 0 unspecified atom stereocenters. The summed E-state index contributed by atoms with van der Waals surface area (Å²) in [5.41, 5.74) is 0. The van der Waals surface area contributed by atoms with Crippen LogP contribution in [0.3, 0.4) is 0 Å². The molecule has 0 aliphatic rings. The van der Waals surface area contributed by atoms with Gasteiger partial charge in [-0.05, 0) is 20.4 Å². The average molecular weight is 217 g/mol. The van der Waals surface area contributed by atoms with Crippen molar-refractivity contribution >= 4 is 17.8 Å². The van der Waals surface area contributed by atoms with Gasteiger partial charge in [0, 0.05) is 25.9 Å². The summed E-state index contributed by atoms with van der Waals surface area (Å²) >= 11 is 1.91. The van der Waals surface area contributed by atoms with Gasteiger partial charge in [-0.25, -0.2) is 0 Å². The van der Waals surface area contributed by atoms with Crippen molar-refractivity contribution in [1.29, 1.82) is 0 Å². The molecule has 0 rings (SSSR count). The first-order chi connectivity index (χ1) is 6.70. The molecule has 0 bridgehead atoms. The van der Waals surface area contributed by atoms with E-state index in [9.17, 15) is 0 Å². The van der Waals surface area contributed by atoms with Crippen LogP contribution in [0.25, 0.3) is 0 Å². The molecule has 14 heavy (non-hydrogen) atoms. The van der Waals surface area contributed by atoms with E-state index in [-0.39, 0.29) is 0 Å². The summed E-state index contributed by atoms with van der Waals surface area (Å²) in [6.07, 6.45) is 2.58. The molecule has 4 heteroatoms. The second-order valence-electron chi connectivity index (χ2n) is 3.27. The molecule has 0 saturated carbocycles. The zero-order valence-electron chi connectivity index (χ0n) is 9.84. The molecule has 0 aromatic heterocycles. The zero-order chi connectivity index (χ0) is 10.8. The Morgan fingerprint density at radius 1 is 1.50 bits per heavy atom. The van der Waals surface area contributed by atoms with Crippen LogP contribution >= 0.6 is 11.9 Å². The van der Waals surface area contributed by atoms with Gasteiger partial charge in [-0.3, -0.25) is 9.30 Å². The summed E-state index contributed by atoms with van der Waals surface area (Å²) in [6.45, 7) is 6.24. The van der Waals surface area contributed by atoms with Gasteiger partial charge in [0.15, 0.2) is 0 Å². The number of rotatable bonds is 7. The first-order valence-electron chi connectivity index (χ1n) is 5.22. The van der Waals surface area contributed by atoms with Gasteiger partial charge in [-0.1, -0.05) is 25.3 Å². The third-order valence-electron chi connectivity index (χ3n) is 1.95. The van der Waals surface area contributed by atoms with E-state index in [1.54, 1.807) is 0 Å². The lowest BCUT2D eigenvalue weighted by Gasteiger charge is -2.15. The number of nitrogens with one attached hydrogen (secondary N) is 1. The van der Waals surface area contributed by atoms with E-state index >= 15 is 0 Å². The molecule has 0 heterocycles. The van der Waals surface area contributed by atoms with Crippen molar-refractivity contribution in [3.05, 3.63) is 0 Å². The minimum absolute atomic E-state index is 0.971. The largest absolute Gasteiger partial charge is 0.373 e. The smallest absolute Gasteiger partial charge is 0.0928 e. The fraction of sp³-hybridized carbons (Fsp3) is 0.900. The fourth-order valence-corrected chi connectivity index (χ4v) is 1.85. The number of hydrogen-bond donors (Lipinski definition) is 1. The van der Waals surface area contributed by atoms with Crippen LogP contribution < -0.4 is 5.32 Å². The van der Waals surface area contributed by atoms with Crippen LogP contribution in [0.4, 0.5) is 0 Å². The van der Waals surface area contributed by atoms with Crippen LogP contribution in [0.2, 0.25) is 0 Å². The number of hydrogen-bond acceptors (Lipinski definition) is 3. The third kappa shape index (κ3) is 8.38. The molecule has 1 N–H and O–H groups in total. The van der Waals surface area contributed by atoms with Crippen LogP contribution in [-0.2, 0) is 0 Å². The molecule has 0 spiro atoms. The molecule has 3 nitrogen and oxygen atoms in total. The standard InChI is InChI=1S/C10H23N3S/c1-5-6-9-14-13(4)8-7-12-10(2)11-3/h5-9H2,1-4H3,(H,11,12). The highest BCUT2D eigenvalue weighted by Crippen LogP contribution is 2.08. The van der Waals surface area contributed by atoms with Crippen molar-refractivity contribution in [3.8, 4) is 0 Å². The van der Waals surface area contributed by atoms with E-state index < -0.39 is 0 Å². The van der Waals surface area contributed by atoms with Crippen molar-refractivity contribution in [2.75, 3.05) is 32.9 Å². The van der Waals surface area contributed by atoms with Crippen LogP contribution in [0, 0.1) is 0 Å². The Kier molecular flexibility index (Phi) is 9.19. The normalized spacial score (nSPS) is 12.2. The molecule has 0 atom stereocenters. The molecule has 0 radical (unpaired) electrons. The Hall–Kier alpha value is -0.220. The SMILES string of the molecule is CCCCSN(C)CCNC(C)=NC. The highest BCUT2D eigenvalue weighted by molar-refractivity contribution is 7.96. The van der Waals surface area contributed by atoms with Gasteiger partial charge in [0.05, 0.1) is 5.84 Å². The van der Waals surface area contributed by atoms with Gasteiger partial charge in [0.25, 0.3) is 0 Å². The van der Waals surface area contributed by atoms with Crippen molar-refractivity contribution in [3.63, 3.8) is 0 Å². The Morgan fingerprint density at radius 3 is 2.79 bits per heavy atom. The zero-order valence-corrected chi connectivity index (χ0v) is 10.7. The van der Waals surface area contributed by atoms with E-state index in [0.717, 1.165) is 18.9 Å². The monoisotopic (exact) mass is 217 g/mol. The number of nitrogens with zero attached hydrogens (tertiary/aromatic N) is 2. The number of aliphatic imine (C=N–C) groups is 1. The first kappa shape index (κ1) is 13.8. The van der Waals surface area contributed by atoms with Crippen LogP contribution in [0.5, 0.6) is 0 Å². The summed E-state index contributed by atoms with van der Waals surface area (Å²) in [5.74, 6) is 2.24. The highest BCUT2D eigenvalue weighted by Gasteiger charge is 1.97. The Balaban J connectivity index is 3.30. The maximum absolute atomic E-state index is 4.04. The minimum Gasteiger partial charge on any atom is -0.373 e. The molecule has 0 aliphatic carbocycles. The van der Waals surface area contributed by atoms with E-state index in [4.69, 9.17) is 0 Å². The van der Waals surface area contributed by atoms with Crippen LogP contribution in [0.1, 0.15) is 26.7 Å². The number of unbranched alkanes of at least 4 members (excludes halogenated alkanes) is 1. The lowest BCUT2D eigenvalue weighted by Crippen LogP contribution is -2.29. The van der Waals surface area contributed by atoms with Crippen molar-refractivity contribution < 1.29 is 0 Å². The maximum atomic E-state index is 4.04. The van der Waals surface area contributed by atoms with Gasteiger partial charge in [-0.15, -0.1) is 0 Å². The Morgan fingerprint density at radius 2 is 2.21 bits per heavy atom. The molecule has 0 fully saturated rings. The summed E-state index contributed by atoms with van der Waals surface area (Å²) in [5, 5.41) is 3.25. The number of likely N-dealkylation sites (N-methyl/N-ethyl adjacent to an activating group) is 1. The molecule has 0 aromatic rings. The lowest BCUT2D eigenvalue weighted by atomic mass is 10.4. The first-order valence-corrected chi connectivity index (χ1v) is 6.16. The molecular formula is C10H23N3S. The molecule has 0 amide bonds. The number of amidine groups is 1. The van der Waals surface area contributed by atoms with Gasteiger partial charge >= 0.3 is 0 Å². The molecular weight excluding hydrogens is 194 g/mol. The molecule has 0 aliphatic heterocycles. The van der Waals surface area contributed by atoms with Crippen LogP contribution in [0.15, 0.2) is 4.99 Å². The lowest BCUT2D eigenvalue weighted by molar-refractivity contribution is 0.560. The summed E-state index contributed by atoms with van der Waals surface area (Å²) in [6, 6.07) is 0. The molecule has 0 aromatic carbocycles. The quantitative estimate of drug-likeness (QED) is 0.306. The summed E-state index contributed by atoms with van der Waals surface area (Å²) < 4.78 is 2.28. The Labute approximate surface area is 92.5 Å². The van der Waals surface area contributed by atoms with E-state index in [1.807, 2.05) is 25.9 Å². The van der Waals surface area contributed by atoms with Crippen molar-refractivity contribution in [1.82, 2.24) is 9.62 Å². The second kappa shape index (κ2) is 9.34. The minimum atomic E-state index is 0.971. The summed E-state index contributed by atoms with van der Waals surface area (Å²) in [7, 11) is 3.95. The van der Waals surface area contributed by atoms with E-state index in [1.165, 1.54) is 18.6 Å². The van der Waals surface area contributed by atoms with E-state index in [2.05, 4.69) is 28.6 Å². The predicted molar refractivity (Wildman–Crippen MR) is 67.0 cm³/mol. The second-order valence-corrected chi connectivity index (χ2v) is 4.56. The van der Waals surface area contributed by atoms with Gasteiger partial charge in [-0.2, -0.15) is 0 Å².